The van der Waals surface area contributed by atoms with Gasteiger partial charge in [-0.2, -0.15) is 0 Å². The first kappa shape index (κ1) is 19.9. The minimum absolute atomic E-state index is 0.0819. The highest BCUT2D eigenvalue weighted by Crippen LogP contribution is 2.17. The molecule has 0 aliphatic carbocycles. The Morgan fingerprint density at radius 1 is 1.00 bits per heavy atom. The number of hydrogen-bond donors (Lipinski definition) is 2. The third-order valence-corrected chi connectivity index (χ3v) is 4.77. The number of halogens is 2. The third-order valence-electron chi connectivity index (χ3n) is 4.77. The van der Waals surface area contributed by atoms with E-state index in [9.17, 15) is 18.4 Å². The predicted molar refractivity (Wildman–Crippen MR) is 102 cm³/mol. The molecular weight excluding hydrogens is 364 g/mol. The van der Waals surface area contributed by atoms with Crippen LogP contribution in [0.15, 0.2) is 42.5 Å². The number of fused-ring (bicyclic) bond motifs is 1. The lowest BCUT2D eigenvalue weighted by Gasteiger charge is -2.28. The van der Waals surface area contributed by atoms with E-state index in [4.69, 9.17) is 0 Å². The van der Waals surface area contributed by atoms with Crippen LogP contribution in [0, 0.1) is 11.6 Å². The summed E-state index contributed by atoms with van der Waals surface area (Å²) in [4.78, 5) is 26.1. The van der Waals surface area contributed by atoms with Crippen LogP contribution in [-0.2, 0) is 17.8 Å². The third kappa shape index (κ3) is 5.36. The Labute approximate surface area is 162 Å². The van der Waals surface area contributed by atoms with Gasteiger partial charge in [0.05, 0.1) is 5.56 Å². The van der Waals surface area contributed by atoms with Crippen LogP contribution < -0.4 is 10.6 Å². The molecule has 0 saturated carbocycles. The van der Waals surface area contributed by atoms with Crippen molar-refractivity contribution >= 4 is 11.8 Å². The molecule has 0 unspecified atom stereocenters. The fraction of sp³-hybridized carbons (Fsp3) is 0.333. The molecule has 2 aromatic carbocycles. The summed E-state index contributed by atoms with van der Waals surface area (Å²) >= 11 is 0. The topological polar surface area (TPSA) is 61.4 Å². The van der Waals surface area contributed by atoms with Crippen molar-refractivity contribution in [2.45, 2.75) is 19.4 Å². The zero-order chi connectivity index (χ0) is 19.9. The fourth-order valence-corrected chi connectivity index (χ4v) is 3.25. The Balaban J connectivity index is 1.33. The van der Waals surface area contributed by atoms with Gasteiger partial charge in [-0.05, 0) is 29.7 Å². The minimum atomic E-state index is -0.926. The van der Waals surface area contributed by atoms with E-state index in [1.54, 1.807) is 0 Å². The van der Waals surface area contributed by atoms with Crippen molar-refractivity contribution in [2.24, 2.45) is 0 Å². The molecule has 1 heterocycles. The molecule has 7 heteroatoms. The smallest absolute Gasteiger partial charge is 0.254 e. The SMILES string of the molecule is O=C(CCNC(=O)c1ccc(F)cc1F)NCCN1CCc2ccccc2C1. The summed E-state index contributed by atoms with van der Waals surface area (Å²) in [5, 5.41) is 5.30. The lowest BCUT2D eigenvalue weighted by Crippen LogP contribution is -2.38. The van der Waals surface area contributed by atoms with Gasteiger partial charge in [-0.25, -0.2) is 8.78 Å². The lowest BCUT2D eigenvalue weighted by molar-refractivity contribution is -0.121. The highest BCUT2D eigenvalue weighted by atomic mass is 19.1. The second-order valence-corrected chi connectivity index (χ2v) is 6.77. The maximum atomic E-state index is 13.5. The number of benzene rings is 2. The number of nitrogens with zero attached hydrogens (tertiary/aromatic N) is 1. The molecule has 0 saturated heterocycles. The first-order valence-electron chi connectivity index (χ1n) is 9.32. The van der Waals surface area contributed by atoms with Gasteiger partial charge in [0.15, 0.2) is 0 Å². The zero-order valence-electron chi connectivity index (χ0n) is 15.5. The summed E-state index contributed by atoms with van der Waals surface area (Å²) in [6.45, 7) is 3.21. The number of amides is 2. The molecular formula is C21H23F2N3O2. The largest absolute Gasteiger partial charge is 0.355 e. The highest BCUT2D eigenvalue weighted by Gasteiger charge is 2.16. The second-order valence-electron chi connectivity index (χ2n) is 6.77. The monoisotopic (exact) mass is 387 g/mol. The molecule has 2 amide bonds. The van der Waals surface area contributed by atoms with E-state index in [0.29, 0.717) is 12.6 Å². The average molecular weight is 387 g/mol. The highest BCUT2D eigenvalue weighted by molar-refractivity contribution is 5.94. The lowest BCUT2D eigenvalue weighted by atomic mass is 10.00. The van der Waals surface area contributed by atoms with E-state index >= 15 is 0 Å². The predicted octanol–water partition coefficient (Wildman–Crippen LogP) is 2.26. The van der Waals surface area contributed by atoms with Crippen LogP contribution in [0.25, 0.3) is 0 Å². The summed E-state index contributed by atoms with van der Waals surface area (Å²) in [5.74, 6) is -2.52. The van der Waals surface area contributed by atoms with Crippen LogP contribution in [0.2, 0.25) is 0 Å². The Kier molecular flexibility index (Phi) is 6.71. The van der Waals surface area contributed by atoms with Gasteiger partial charge in [0.1, 0.15) is 11.6 Å². The van der Waals surface area contributed by atoms with Crippen LogP contribution in [0.3, 0.4) is 0 Å². The van der Waals surface area contributed by atoms with Gasteiger partial charge in [0.2, 0.25) is 5.91 Å². The molecule has 5 nitrogen and oxygen atoms in total. The molecule has 148 valence electrons. The van der Waals surface area contributed by atoms with Crippen LogP contribution in [-0.4, -0.2) is 42.9 Å². The Morgan fingerprint density at radius 3 is 2.57 bits per heavy atom. The molecule has 0 fully saturated rings. The van der Waals surface area contributed by atoms with Gasteiger partial charge in [0.25, 0.3) is 5.91 Å². The van der Waals surface area contributed by atoms with Gasteiger partial charge < -0.3 is 10.6 Å². The van der Waals surface area contributed by atoms with Gasteiger partial charge in [-0.3, -0.25) is 14.5 Å². The molecule has 0 spiro atoms. The molecule has 0 aromatic heterocycles. The van der Waals surface area contributed by atoms with Crippen LogP contribution in [0.4, 0.5) is 8.78 Å². The van der Waals surface area contributed by atoms with E-state index in [1.807, 2.05) is 6.07 Å². The van der Waals surface area contributed by atoms with Crippen molar-refractivity contribution in [1.29, 1.82) is 0 Å². The standard InChI is InChI=1S/C21H23F2N3O2/c22-17-5-6-18(19(23)13-17)21(28)25-9-7-20(27)24-10-12-26-11-8-15-3-1-2-4-16(15)14-26/h1-6,13H,7-12,14H2,(H,24,27)(H,25,28). The first-order valence-corrected chi connectivity index (χ1v) is 9.32. The van der Waals surface area contributed by atoms with E-state index in [2.05, 4.69) is 33.7 Å². The molecule has 28 heavy (non-hydrogen) atoms. The van der Waals surface area contributed by atoms with Gasteiger partial charge in [0, 0.05) is 45.2 Å². The Hall–Kier alpha value is -2.80. The number of hydrogen-bond acceptors (Lipinski definition) is 3. The van der Waals surface area contributed by atoms with Crippen LogP contribution in [0.5, 0.6) is 0 Å². The van der Waals surface area contributed by atoms with Gasteiger partial charge >= 0.3 is 0 Å². The summed E-state index contributed by atoms with van der Waals surface area (Å²) in [6.07, 6.45) is 1.10. The second kappa shape index (κ2) is 9.41. The number of nitrogens with one attached hydrogen (secondary N) is 2. The van der Waals surface area contributed by atoms with Crippen molar-refractivity contribution in [2.75, 3.05) is 26.2 Å². The molecule has 2 aromatic rings. The summed E-state index contributed by atoms with van der Waals surface area (Å²) in [6, 6.07) is 11.1. The quantitative estimate of drug-likeness (QED) is 0.766. The average Bonchev–Trinajstić information content (AvgIpc) is 2.67. The molecule has 0 bridgehead atoms. The fourth-order valence-electron chi connectivity index (χ4n) is 3.25. The van der Waals surface area contributed by atoms with Crippen LogP contribution in [0.1, 0.15) is 27.9 Å². The molecule has 1 aliphatic rings. The maximum Gasteiger partial charge on any atom is 0.254 e. The van der Waals surface area contributed by atoms with Crippen molar-refractivity contribution in [3.63, 3.8) is 0 Å². The molecule has 2 N–H and O–H groups in total. The van der Waals surface area contributed by atoms with Crippen molar-refractivity contribution in [1.82, 2.24) is 15.5 Å². The van der Waals surface area contributed by atoms with Crippen molar-refractivity contribution in [3.05, 3.63) is 70.8 Å². The van der Waals surface area contributed by atoms with E-state index in [1.165, 1.54) is 11.1 Å². The maximum absolute atomic E-state index is 13.5. The molecule has 1 aliphatic heterocycles. The number of carbonyl (C=O) groups is 2. The van der Waals surface area contributed by atoms with Gasteiger partial charge in [-0.15, -0.1) is 0 Å². The zero-order valence-corrected chi connectivity index (χ0v) is 15.5. The first-order chi connectivity index (χ1) is 13.5. The van der Waals surface area contributed by atoms with E-state index in [-0.39, 0.29) is 24.4 Å². The van der Waals surface area contributed by atoms with E-state index in [0.717, 1.165) is 38.2 Å². The van der Waals surface area contributed by atoms with Crippen molar-refractivity contribution in [3.8, 4) is 0 Å². The Bertz CT molecular complexity index is 857. The molecule has 3 rings (SSSR count). The van der Waals surface area contributed by atoms with Crippen molar-refractivity contribution < 1.29 is 18.4 Å². The summed E-state index contributed by atoms with van der Waals surface area (Å²) in [5.41, 5.74) is 2.47. The molecule has 0 radical (unpaired) electrons. The summed E-state index contributed by atoms with van der Waals surface area (Å²) in [7, 11) is 0. The minimum Gasteiger partial charge on any atom is -0.355 e. The van der Waals surface area contributed by atoms with E-state index < -0.39 is 17.5 Å². The normalized spacial score (nSPS) is 13.6. The van der Waals surface area contributed by atoms with Gasteiger partial charge in [-0.1, -0.05) is 24.3 Å². The number of carbonyl (C=O) groups excluding carboxylic acids is 2. The van der Waals surface area contributed by atoms with Crippen LogP contribution >= 0.6 is 0 Å². The Morgan fingerprint density at radius 2 is 1.79 bits per heavy atom. The molecule has 0 atom stereocenters. The summed E-state index contributed by atoms with van der Waals surface area (Å²) < 4.78 is 26.4. The number of rotatable bonds is 7.